The quantitative estimate of drug-likeness (QED) is 0.820. The second kappa shape index (κ2) is 4.30. The average Bonchev–Trinajstić information content (AvgIpc) is 2.28. The van der Waals surface area contributed by atoms with Gasteiger partial charge >= 0.3 is 0 Å². The van der Waals surface area contributed by atoms with E-state index in [1.807, 2.05) is 0 Å². The second-order valence-electron chi connectivity index (χ2n) is 3.72. The van der Waals surface area contributed by atoms with Crippen LogP contribution in [0.2, 0.25) is 0 Å². The Morgan fingerprint density at radius 3 is 2.59 bits per heavy atom. The van der Waals surface area contributed by atoms with E-state index in [1.54, 1.807) is 12.1 Å². The molecule has 87 valence electrons. The van der Waals surface area contributed by atoms with Gasteiger partial charge in [0.05, 0.1) is 4.90 Å². The standard InChI is InChI=1S/C13H10FO2S/c1-17(15,16)13-7-3-5-11(9-13)10-4-2-6-12(14)8-10/h2-4,6-9H,1H3. The summed E-state index contributed by atoms with van der Waals surface area (Å²) in [6.07, 6.45) is 1.14. The summed E-state index contributed by atoms with van der Waals surface area (Å²) in [7, 11) is -3.26. The lowest BCUT2D eigenvalue weighted by Gasteiger charge is -2.03. The Morgan fingerprint density at radius 1 is 1.18 bits per heavy atom. The Balaban J connectivity index is 2.54. The minimum atomic E-state index is -3.26. The van der Waals surface area contributed by atoms with Crippen LogP contribution in [0.25, 0.3) is 11.1 Å². The van der Waals surface area contributed by atoms with Gasteiger partial charge in [-0.25, -0.2) is 12.8 Å². The molecule has 0 unspecified atom stereocenters. The Kier molecular flexibility index (Phi) is 2.98. The third kappa shape index (κ3) is 2.71. The lowest BCUT2D eigenvalue weighted by atomic mass is 10.1. The largest absolute Gasteiger partial charge is 0.224 e. The maximum atomic E-state index is 13.1. The number of benzene rings is 2. The van der Waals surface area contributed by atoms with Crippen molar-refractivity contribution in [2.75, 3.05) is 6.26 Å². The van der Waals surface area contributed by atoms with Gasteiger partial charge in [0, 0.05) is 6.26 Å². The first-order chi connectivity index (χ1) is 7.97. The van der Waals surface area contributed by atoms with E-state index in [9.17, 15) is 12.8 Å². The van der Waals surface area contributed by atoms with Gasteiger partial charge in [-0.3, -0.25) is 0 Å². The minimum absolute atomic E-state index is 0.204. The van der Waals surface area contributed by atoms with Gasteiger partial charge in [0.1, 0.15) is 5.82 Å². The van der Waals surface area contributed by atoms with Crippen LogP contribution >= 0.6 is 0 Å². The molecule has 0 atom stereocenters. The van der Waals surface area contributed by atoms with Crippen molar-refractivity contribution in [1.82, 2.24) is 0 Å². The first-order valence-corrected chi connectivity index (χ1v) is 6.84. The van der Waals surface area contributed by atoms with Crippen molar-refractivity contribution in [3.8, 4) is 11.1 Å². The zero-order chi connectivity index (χ0) is 12.5. The van der Waals surface area contributed by atoms with Crippen LogP contribution in [0.5, 0.6) is 0 Å². The molecular formula is C13H10FO2S. The molecule has 17 heavy (non-hydrogen) atoms. The Morgan fingerprint density at radius 2 is 1.94 bits per heavy atom. The fourth-order valence-electron chi connectivity index (χ4n) is 1.50. The Bertz CT molecular complexity index is 648. The molecule has 0 aliphatic heterocycles. The van der Waals surface area contributed by atoms with E-state index >= 15 is 0 Å². The van der Waals surface area contributed by atoms with Gasteiger partial charge in [0.15, 0.2) is 9.84 Å². The average molecular weight is 249 g/mol. The molecule has 4 heteroatoms. The van der Waals surface area contributed by atoms with E-state index in [4.69, 9.17) is 0 Å². The summed E-state index contributed by atoms with van der Waals surface area (Å²) < 4.78 is 35.8. The van der Waals surface area contributed by atoms with Crippen LogP contribution in [-0.4, -0.2) is 14.7 Å². The highest BCUT2D eigenvalue weighted by atomic mass is 32.2. The number of hydrogen-bond donors (Lipinski definition) is 0. The predicted molar refractivity (Wildman–Crippen MR) is 63.8 cm³/mol. The third-order valence-electron chi connectivity index (χ3n) is 2.34. The van der Waals surface area contributed by atoms with Gasteiger partial charge in [-0.15, -0.1) is 0 Å². The summed E-state index contributed by atoms with van der Waals surface area (Å²) in [4.78, 5) is 0.204. The van der Waals surface area contributed by atoms with E-state index in [1.165, 1.54) is 30.3 Å². The molecule has 0 bridgehead atoms. The summed E-state index contributed by atoms with van der Waals surface area (Å²) in [5, 5.41) is 0. The van der Waals surface area contributed by atoms with E-state index in [0.29, 0.717) is 11.1 Å². The summed E-state index contributed by atoms with van der Waals surface area (Å²) in [5.74, 6) is -0.361. The van der Waals surface area contributed by atoms with Crippen molar-refractivity contribution in [3.63, 3.8) is 0 Å². The summed E-state index contributed by atoms with van der Waals surface area (Å²) in [6, 6.07) is 13.3. The number of hydrogen-bond acceptors (Lipinski definition) is 2. The predicted octanol–water partition coefficient (Wildman–Crippen LogP) is 2.70. The van der Waals surface area contributed by atoms with Crippen molar-refractivity contribution in [3.05, 3.63) is 54.3 Å². The number of sulfone groups is 1. The summed E-state index contributed by atoms with van der Waals surface area (Å²) in [5.41, 5.74) is 1.17. The topological polar surface area (TPSA) is 34.1 Å². The molecule has 1 radical (unpaired) electrons. The van der Waals surface area contributed by atoms with Crippen LogP contribution in [0.4, 0.5) is 4.39 Å². The van der Waals surface area contributed by atoms with Crippen molar-refractivity contribution < 1.29 is 12.8 Å². The Labute approximate surface area is 99.6 Å². The fourth-order valence-corrected chi connectivity index (χ4v) is 2.15. The van der Waals surface area contributed by atoms with Gasteiger partial charge in [0.2, 0.25) is 0 Å². The molecule has 2 aromatic rings. The van der Waals surface area contributed by atoms with Gasteiger partial charge in [0.25, 0.3) is 0 Å². The maximum absolute atomic E-state index is 13.1. The van der Waals surface area contributed by atoms with Crippen LogP contribution in [0, 0.1) is 11.9 Å². The highest BCUT2D eigenvalue weighted by Crippen LogP contribution is 2.22. The molecule has 2 nitrogen and oxygen atoms in total. The molecule has 0 N–H and O–H groups in total. The first kappa shape index (κ1) is 11.8. The van der Waals surface area contributed by atoms with E-state index in [0.717, 1.165) is 6.26 Å². The molecule has 0 aliphatic carbocycles. The molecule has 0 fully saturated rings. The molecule has 2 aromatic carbocycles. The van der Waals surface area contributed by atoms with Crippen LogP contribution in [0.3, 0.4) is 0 Å². The fraction of sp³-hybridized carbons (Fsp3) is 0.0769. The molecule has 0 aromatic heterocycles. The monoisotopic (exact) mass is 249 g/mol. The lowest BCUT2D eigenvalue weighted by Crippen LogP contribution is -1.96. The minimum Gasteiger partial charge on any atom is -0.224 e. The van der Waals surface area contributed by atoms with Gasteiger partial charge < -0.3 is 0 Å². The molecule has 0 aliphatic rings. The third-order valence-corrected chi connectivity index (χ3v) is 3.45. The first-order valence-electron chi connectivity index (χ1n) is 4.94. The van der Waals surface area contributed by atoms with Gasteiger partial charge in [-0.2, -0.15) is 0 Å². The smallest absolute Gasteiger partial charge is 0.175 e. The van der Waals surface area contributed by atoms with Crippen molar-refractivity contribution in [2.24, 2.45) is 0 Å². The molecule has 0 saturated heterocycles. The van der Waals surface area contributed by atoms with Crippen LogP contribution in [0.15, 0.2) is 47.4 Å². The van der Waals surface area contributed by atoms with Gasteiger partial charge in [-0.05, 0) is 41.5 Å². The molecule has 0 heterocycles. The molecule has 0 saturated carbocycles. The van der Waals surface area contributed by atoms with Crippen LogP contribution < -0.4 is 0 Å². The maximum Gasteiger partial charge on any atom is 0.175 e. The number of halogens is 1. The van der Waals surface area contributed by atoms with E-state index < -0.39 is 9.84 Å². The normalized spacial score (nSPS) is 11.4. The highest BCUT2D eigenvalue weighted by molar-refractivity contribution is 7.90. The molecule has 0 spiro atoms. The van der Waals surface area contributed by atoms with Crippen LogP contribution in [-0.2, 0) is 9.84 Å². The second-order valence-corrected chi connectivity index (χ2v) is 5.74. The summed E-state index contributed by atoms with van der Waals surface area (Å²) in [6.45, 7) is 0. The number of rotatable bonds is 2. The summed E-state index contributed by atoms with van der Waals surface area (Å²) >= 11 is 0. The highest BCUT2D eigenvalue weighted by Gasteiger charge is 2.08. The van der Waals surface area contributed by atoms with Crippen molar-refractivity contribution in [2.45, 2.75) is 4.90 Å². The van der Waals surface area contributed by atoms with Crippen molar-refractivity contribution in [1.29, 1.82) is 0 Å². The molecule has 0 amide bonds. The SMILES string of the molecule is CS(=O)(=O)c1cc[c]c(-c2cccc(F)c2)c1. The lowest BCUT2D eigenvalue weighted by molar-refractivity contribution is 0.602. The zero-order valence-electron chi connectivity index (χ0n) is 9.14. The Hall–Kier alpha value is -1.68. The zero-order valence-corrected chi connectivity index (χ0v) is 9.96. The van der Waals surface area contributed by atoms with Gasteiger partial charge in [-0.1, -0.05) is 18.2 Å². The van der Waals surface area contributed by atoms with E-state index in [2.05, 4.69) is 6.07 Å². The van der Waals surface area contributed by atoms with E-state index in [-0.39, 0.29) is 10.7 Å². The van der Waals surface area contributed by atoms with Crippen LogP contribution in [0.1, 0.15) is 0 Å². The molecule has 2 rings (SSSR count). The van der Waals surface area contributed by atoms with Crippen molar-refractivity contribution >= 4 is 9.84 Å². The molecular weight excluding hydrogens is 239 g/mol.